The standard InChI is InChI=1S/C16H14Cl2N2O4/c1-3-24-15-11(7-10(17)8-12(15)18)16(21)19-13-5-4-6-14(9(13)2)20(22)23/h4-8H,3H2,1-2H3,(H,19,21). The Balaban J connectivity index is 2.41. The van der Waals surface area contributed by atoms with Gasteiger partial charge in [0.15, 0.2) is 5.75 Å². The Morgan fingerprint density at radius 2 is 2.04 bits per heavy atom. The van der Waals surface area contributed by atoms with Crippen molar-refractivity contribution in [2.75, 3.05) is 11.9 Å². The van der Waals surface area contributed by atoms with Crippen LogP contribution >= 0.6 is 23.2 Å². The largest absolute Gasteiger partial charge is 0.491 e. The Hall–Kier alpha value is -2.31. The van der Waals surface area contributed by atoms with Crippen molar-refractivity contribution in [1.82, 2.24) is 0 Å². The fourth-order valence-electron chi connectivity index (χ4n) is 2.17. The SMILES string of the molecule is CCOc1c(Cl)cc(Cl)cc1C(=O)Nc1cccc([N+](=O)[O-])c1C. The number of carbonyl (C=O) groups is 1. The van der Waals surface area contributed by atoms with E-state index in [0.717, 1.165) is 0 Å². The number of anilines is 1. The van der Waals surface area contributed by atoms with Gasteiger partial charge in [0.05, 0.1) is 33.4 Å². The van der Waals surface area contributed by atoms with Crippen LogP contribution in [-0.4, -0.2) is 17.4 Å². The average Bonchev–Trinajstić information content (AvgIpc) is 2.51. The summed E-state index contributed by atoms with van der Waals surface area (Å²) in [6, 6.07) is 7.35. The first-order chi connectivity index (χ1) is 11.3. The first kappa shape index (κ1) is 18.0. The maximum Gasteiger partial charge on any atom is 0.274 e. The summed E-state index contributed by atoms with van der Waals surface area (Å²) in [4.78, 5) is 23.1. The maximum absolute atomic E-state index is 12.6. The molecule has 0 aliphatic heterocycles. The van der Waals surface area contributed by atoms with Gasteiger partial charge < -0.3 is 10.1 Å². The molecule has 126 valence electrons. The van der Waals surface area contributed by atoms with Gasteiger partial charge in [-0.1, -0.05) is 29.3 Å². The topological polar surface area (TPSA) is 81.5 Å². The number of nitrogens with one attached hydrogen (secondary N) is 1. The minimum atomic E-state index is -0.522. The number of halogens is 2. The van der Waals surface area contributed by atoms with Crippen LogP contribution < -0.4 is 10.1 Å². The minimum absolute atomic E-state index is 0.0815. The number of hydrogen-bond acceptors (Lipinski definition) is 4. The third-order valence-electron chi connectivity index (χ3n) is 3.29. The van der Waals surface area contributed by atoms with Crippen LogP contribution in [0.25, 0.3) is 0 Å². The van der Waals surface area contributed by atoms with E-state index in [1.54, 1.807) is 19.9 Å². The van der Waals surface area contributed by atoms with Crippen LogP contribution in [0.1, 0.15) is 22.8 Å². The van der Waals surface area contributed by atoms with E-state index in [1.807, 2.05) is 0 Å². The van der Waals surface area contributed by atoms with Gasteiger partial charge in [-0.05, 0) is 32.0 Å². The second kappa shape index (κ2) is 7.51. The van der Waals surface area contributed by atoms with Gasteiger partial charge in [-0.15, -0.1) is 0 Å². The van der Waals surface area contributed by atoms with Crippen LogP contribution in [0.5, 0.6) is 5.75 Å². The summed E-state index contributed by atoms with van der Waals surface area (Å²) >= 11 is 12.0. The molecule has 0 atom stereocenters. The predicted molar refractivity (Wildman–Crippen MR) is 93.4 cm³/mol. The van der Waals surface area contributed by atoms with Crippen LogP contribution in [0.15, 0.2) is 30.3 Å². The molecule has 0 saturated heterocycles. The van der Waals surface area contributed by atoms with Gasteiger partial charge in [0.1, 0.15) is 0 Å². The zero-order chi connectivity index (χ0) is 17.9. The van der Waals surface area contributed by atoms with Crippen molar-refractivity contribution >= 4 is 40.5 Å². The molecule has 1 amide bonds. The lowest BCUT2D eigenvalue weighted by atomic mass is 10.1. The van der Waals surface area contributed by atoms with Crippen LogP contribution in [0.2, 0.25) is 10.0 Å². The molecule has 1 N–H and O–H groups in total. The Morgan fingerprint density at radius 1 is 1.33 bits per heavy atom. The number of amides is 1. The number of hydrogen-bond donors (Lipinski definition) is 1. The van der Waals surface area contributed by atoms with E-state index in [0.29, 0.717) is 17.9 Å². The Kier molecular flexibility index (Phi) is 5.64. The first-order valence-electron chi connectivity index (χ1n) is 7.02. The molecule has 0 aromatic heterocycles. The molecule has 6 nitrogen and oxygen atoms in total. The first-order valence-corrected chi connectivity index (χ1v) is 7.78. The third-order valence-corrected chi connectivity index (χ3v) is 3.79. The highest BCUT2D eigenvalue weighted by Gasteiger charge is 2.20. The van der Waals surface area contributed by atoms with E-state index in [1.165, 1.54) is 24.3 Å². The number of carbonyl (C=O) groups excluding carboxylic acids is 1. The maximum atomic E-state index is 12.6. The molecule has 2 aromatic rings. The van der Waals surface area contributed by atoms with E-state index in [9.17, 15) is 14.9 Å². The Bertz CT molecular complexity index is 809. The monoisotopic (exact) mass is 368 g/mol. The zero-order valence-corrected chi connectivity index (χ0v) is 14.4. The summed E-state index contributed by atoms with van der Waals surface area (Å²) in [6.45, 7) is 3.64. The quantitative estimate of drug-likeness (QED) is 0.603. The molecule has 0 aliphatic rings. The molecule has 2 aromatic carbocycles. The Morgan fingerprint density at radius 3 is 2.67 bits per heavy atom. The molecular formula is C16H14Cl2N2O4. The number of nitro groups is 1. The highest BCUT2D eigenvalue weighted by molar-refractivity contribution is 6.36. The van der Waals surface area contributed by atoms with E-state index in [2.05, 4.69) is 5.32 Å². The fourth-order valence-corrected chi connectivity index (χ4v) is 2.71. The van der Waals surface area contributed by atoms with Gasteiger partial charge in [-0.2, -0.15) is 0 Å². The summed E-state index contributed by atoms with van der Waals surface area (Å²) in [5.41, 5.74) is 0.747. The van der Waals surface area contributed by atoms with Crippen molar-refractivity contribution in [2.45, 2.75) is 13.8 Å². The smallest absolute Gasteiger partial charge is 0.274 e. The number of nitrogens with zero attached hydrogens (tertiary/aromatic N) is 1. The average molecular weight is 369 g/mol. The molecule has 0 heterocycles. The molecule has 0 saturated carbocycles. The number of benzene rings is 2. The van der Waals surface area contributed by atoms with Gasteiger partial charge in [0.2, 0.25) is 0 Å². The van der Waals surface area contributed by atoms with Crippen LogP contribution in [0, 0.1) is 17.0 Å². The summed E-state index contributed by atoms with van der Waals surface area (Å²) in [5, 5.41) is 14.1. The lowest BCUT2D eigenvalue weighted by Gasteiger charge is -2.14. The second-order valence-corrected chi connectivity index (χ2v) is 5.70. The Labute approximate surface area is 148 Å². The van der Waals surface area contributed by atoms with E-state index in [-0.39, 0.29) is 27.0 Å². The lowest BCUT2D eigenvalue weighted by Crippen LogP contribution is -2.15. The minimum Gasteiger partial charge on any atom is -0.491 e. The van der Waals surface area contributed by atoms with Gasteiger partial charge >= 0.3 is 0 Å². The highest BCUT2D eigenvalue weighted by atomic mass is 35.5. The molecule has 24 heavy (non-hydrogen) atoms. The van der Waals surface area contributed by atoms with E-state index in [4.69, 9.17) is 27.9 Å². The molecule has 0 fully saturated rings. The normalized spacial score (nSPS) is 10.3. The second-order valence-electron chi connectivity index (χ2n) is 4.86. The number of nitro benzene ring substituents is 1. The molecule has 0 unspecified atom stereocenters. The van der Waals surface area contributed by atoms with Gasteiger partial charge in [0.25, 0.3) is 11.6 Å². The summed E-state index contributed by atoms with van der Waals surface area (Å²) in [5.74, 6) is -0.310. The zero-order valence-electron chi connectivity index (χ0n) is 12.9. The summed E-state index contributed by atoms with van der Waals surface area (Å²) in [7, 11) is 0. The number of rotatable bonds is 5. The van der Waals surface area contributed by atoms with Gasteiger partial charge in [-0.25, -0.2) is 0 Å². The molecule has 0 radical (unpaired) electrons. The summed E-state index contributed by atoms with van der Waals surface area (Å²) < 4.78 is 5.41. The van der Waals surface area contributed by atoms with Crippen molar-refractivity contribution in [3.8, 4) is 5.75 Å². The molecular weight excluding hydrogens is 355 g/mol. The van der Waals surface area contributed by atoms with Crippen molar-refractivity contribution in [2.24, 2.45) is 0 Å². The van der Waals surface area contributed by atoms with Crippen molar-refractivity contribution < 1.29 is 14.5 Å². The number of ether oxygens (including phenoxy) is 1. The summed E-state index contributed by atoms with van der Waals surface area (Å²) in [6.07, 6.45) is 0. The molecule has 0 spiro atoms. The van der Waals surface area contributed by atoms with Crippen molar-refractivity contribution in [1.29, 1.82) is 0 Å². The van der Waals surface area contributed by atoms with Crippen LogP contribution in [0.3, 0.4) is 0 Å². The van der Waals surface area contributed by atoms with E-state index < -0.39 is 10.8 Å². The van der Waals surface area contributed by atoms with E-state index >= 15 is 0 Å². The van der Waals surface area contributed by atoms with Gasteiger partial charge in [0, 0.05) is 11.1 Å². The highest BCUT2D eigenvalue weighted by Crippen LogP contribution is 2.33. The van der Waals surface area contributed by atoms with Crippen molar-refractivity contribution in [3.63, 3.8) is 0 Å². The van der Waals surface area contributed by atoms with Gasteiger partial charge in [-0.3, -0.25) is 14.9 Å². The predicted octanol–water partition coefficient (Wildman–Crippen LogP) is 4.86. The van der Waals surface area contributed by atoms with Crippen LogP contribution in [-0.2, 0) is 0 Å². The molecule has 0 aliphatic carbocycles. The lowest BCUT2D eigenvalue weighted by molar-refractivity contribution is -0.385. The molecule has 2 rings (SSSR count). The third kappa shape index (κ3) is 3.77. The molecule has 8 heteroatoms. The van der Waals surface area contributed by atoms with Crippen LogP contribution in [0.4, 0.5) is 11.4 Å². The fraction of sp³-hybridized carbons (Fsp3) is 0.188. The molecule has 0 bridgehead atoms. The van der Waals surface area contributed by atoms with Crippen molar-refractivity contribution in [3.05, 3.63) is 61.6 Å².